The van der Waals surface area contributed by atoms with Crippen molar-refractivity contribution in [3.05, 3.63) is 35.1 Å². The highest BCUT2D eigenvalue weighted by atomic mass is 32.1. The SMILES string of the molecule is CCC1CCC(C)N1Cc1cc(F)cc(C(N)=S)c1. The minimum Gasteiger partial charge on any atom is -0.389 e. The lowest BCUT2D eigenvalue weighted by Crippen LogP contribution is -2.33. The average Bonchev–Trinajstić information content (AvgIpc) is 2.70. The maximum absolute atomic E-state index is 13.6. The van der Waals surface area contributed by atoms with Gasteiger partial charge >= 0.3 is 0 Å². The van der Waals surface area contributed by atoms with Crippen LogP contribution in [-0.2, 0) is 6.54 Å². The Kier molecular flexibility index (Phi) is 4.53. The molecule has 1 fully saturated rings. The number of hydrogen-bond donors (Lipinski definition) is 1. The summed E-state index contributed by atoms with van der Waals surface area (Å²) in [7, 11) is 0. The van der Waals surface area contributed by atoms with Gasteiger partial charge in [0.25, 0.3) is 0 Å². The molecule has 2 rings (SSSR count). The molecule has 1 aliphatic heterocycles. The van der Waals surface area contributed by atoms with Crippen LogP contribution in [-0.4, -0.2) is 22.0 Å². The van der Waals surface area contributed by atoms with Crippen LogP contribution < -0.4 is 5.73 Å². The second-order valence-corrected chi connectivity index (χ2v) is 5.81. The number of hydrogen-bond acceptors (Lipinski definition) is 2. The molecule has 1 saturated heterocycles. The van der Waals surface area contributed by atoms with Crippen LogP contribution in [0.4, 0.5) is 4.39 Å². The van der Waals surface area contributed by atoms with Gasteiger partial charge in [0.2, 0.25) is 0 Å². The van der Waals surface area contributed by atoms with Gasteiger partial charge in [0, 0.05) is 24.2 Å². The fourth-order valence-corrected chi connectivity index (χ4v) is 3.06. The molecule has 2 unspecified atom stereocenters. The summed E-state index contributed by atoms with van der Waals surface area (Å²) >= 11 is 4.93. The van der Waals surface area contributed by atoms with Gasteiger partial charge in [-0.2, -0.15) is 0 Å². The van der Waals surface area contributed by atoms with Crippen LogP contribution in [0.25, 0.3) is 0 Å². The second kappa shape index (κ2) is 5.97. The molecular weight excluding hydrogens is 259 g/mol. The molecule has 0 aromatic heterocycles. The average molecular weight is 280 g/mol. The van der Waals surface area contributed by atoms with Gasteiger partial charge in [-0.3, -0.25) is 4.90 Å². The van der Waals surface area contributed by atoms with E-state index in [1.165, 1.54) is 18.9 Å². The third kappa shape index (κ3) is 3.31. The minimum atomic E-state index is -0.264. The number of benzene rings is 1. The fraction of sp³-hybridized carbons (Fsp3) is 0.533. The first kappa shape index (κ1) is 14.4. The summed E-state index contributed by atoms with van der Waals surface area (Å²) in [5, 5.41) is 0. The van der Waals surface area contributed by atoms with E-state index in [2.05, 4.69) is 18.7 Å². The number of nitrogens with two attached hydrogens (primary N) is 1. The highest BCUT2D eigenvalue weighted by Crippen LogP contribution is 2.28. The molecule has 1 aromatic carbocycles. The van der Waals surface area contributed by atoms with Crippen LogP contribution in [0.3, 0.4) is 0 Å². The molecule has 0 bridgehead atoms. The Morgan fingerprint density at radius 1 is 1.42 bits per heavy atom. The number of thiocarbonyl (C=S) groups is 1. The van der Waals surface area contributed by atoms with E-state index in [9.17, 15) is 4.39 Å². The Hall–Kier alpha value is -1.00. The molecule has 2 atom stereocenters. The Bertz CT molecular complexity index is 475. The van der Waals surface area contributed by atoms with Gasteiger partial charge in [-0.25, -0.2) is 4.39 Å². The van der Waals surface area contributed by atoms with E-state index in [1.807, 2.05) is 6.07 Å². The smallest absolute Gasteiger partial charge is 0.124 e. The lowest BCUT2D eigenvalue weighted by atomic mass is 10.1. The van der Waals surface area contributed by atoms with Gasteiger partial charge in [0.1, 0.15) is 10.8 Å². The molecule has 0 spiro atoms. The molecule has 0 saturated carbocycles. The molecule has 1 heterocycles. The largest absolute Gasteiger partial charge is 0.389 e. The molecule has 2 nitrogen and oxygen atoms in total. The zero-order valence-electron chi connectivity index (χ0n) is 11.5. The maximum atomic E-state index is 13.6. The summed E-state index contributed by atoms with van der Waals surface area (Å²) in [6, 6.07) is 6.05. The third-order valence-corrected chi connectivity index (χ3v) is 4.27. The van der Waals surface area contributed by atoms with Crippen LogP contribution in [0.1, 0.15) is 44.2 Å². The normalized spacial score (nSPS) is 23.7. The van der Waals surface area contributed by atoms with Crippen LogP contribution in [0.5, 0.6) is 0 Å². The molecule has 19 heavy (non-hydrogen) atoms. The summed E-state index contributed by atoms with van der Waals surface area (Å²) < 4.78 is 13.6. The maximum Gasteiger partial charge on any atom is 0.124 e. The van der Waals surface area contributed by atoms with Gasteiger partial charge < -0.3 is 5.73 Å². The van der Waals surface area contributed by atoms with Crippen molar-refractivity contribution in [3.8, 4) is 0 Å². The van der Waals surface area contributed by atoms with E-state index in [4.69, 9.17) is 18.0 Å². The quantitative estimate of drug-likeness (QED) is 0.859. The van der Waals surface area contributed by atoms with E-state index >= 15 is 0 Å². The van der Waals surface area contributed by atoms with Gasteiger partial charge in [0.15, 0.2) is 0 Å². The summed E-state index contributed by atoms with van der Waals surface area (Å²) in [6.07, 6.45) is 3.59. The lowest BCUT2D eigenvalue weighted by molar-refractivity contribution is 0.189. The Labute approximate surface area is 119 Å². The van der Waals surface area contributed by atoms with Crippen molar-refractivity contribution in [1.82, 2.24) is 4.90 Å². The van der Waals surface area contributed by atoms with Gasteiger partial charge in [-0.05, 0) is 49.9 Å². The summed E-state index contributed by atoms with van der Waals surface area (Å²) in [6.45, 7) is 5.22. The first-order chi connectivity index (χ1) is 9.01. The highest BCUT2D eigenvalue weighted by Gasteiger charge is 2.29. The van der Waals surface area contributed by atoms with Gasteiger partial charge in [-0.1, -0.05) is 19.1 Å². The number of likely N-dealkylation sites (tertiary alicyclic amines) is 1. The minimum absolute atomic E-state index is 0.252. The van der Waals surface area contributed by atoms with E-state index in [-0.39, 0.29) is 10.8 Å². The molecule has 0 aliphatic carbocycles. The summed E-state index contributed by atoms with van der Waals surface area (Å²) in [5.41, 5.74) is 7.16. The zero-order valence-corrected chi connectivity index (χ0v) is 12.3. The van der Waals surface area contributed by atoms with Crippen molar-refractivity contribution in [3.63, 3.8) is 0 Å². The monoisotopic (exact) mass is 280 g/mol. The van der Waals surface area contributed by atoms with Crippen LogP contribution in [0.2, 0.25) is 0 Å². The summed E-state index contributed by atoms with van der Waals surface area (Å²) in [5.74, 6) is -0.264. The molecule has 104 valence electrons. The fourth-order valence-electron chi connectivity index (χ4n) is 2.94. The molecule has 0 radical (unpaired) electrons. The second-order valence-electron chi connectivity index (χ2n) is 5.37. The topological polar surface area (TPSA) is 29.3 Å². The van der Waals surface area contributed by atoms with Crippen molar-refractivity contribution in [2.24, 2.45) is 5.73 Å². The number of halogens is 1. The first-order valence-corrected chi connectivity index (χ1v) is 7.27. The van der Waals surface area contributed by atoms with Crippen molar-refractivity contribution < 1.29 is 4.39 Å². The molecule has 1 aromatic rings. The molecular formula is C15H21FN2S. The van der Waals surface area contributed by atoms with Crippen LogP contribution in [0, 0.1) is 5.82 Å². The standard InChI is InChI=1S/C15H21FN2S/c1-3-14-5-4-10(2)18(14)9-11-6-12(15(17)19)8-13(16)7-11/h6-8,10,14H,3-5,9H2,1-2H3,(H2,17,19). The van der Waals surface area contributed by atoms with Crippen molar-refractivity contribution in [1.29, 1.82) is 0 Å². The zero-order chi connectivity index (χ0) is 14.0. The van der Waals surface area contributed by atoms with E-state index in [0.717, 1.165) is 18.5 Å². The predicted octanol–water partition coefficient (Wildman–Crippen LogP) is 3.22. The van der Waals surface area contributed by atoms with E-state index < -0.39 is 0 Å². The Balaban J connectivity index is 2.20. The Morgan fingerprint density at radius 3 is 2.79 bits per heavy atom. The van der Waals surface area contributed by atoms with Gasteiger partial charge in [0.05, 0.1) is 0 Å². The predicted molar refractivity (Wildman–Crippen MR) is 80.6 cm³/mol. The molecule has 1 aliphatic rings. The van der Waals surface area contributed by atoms with E-state index in [1.54, 1.807) is 6.07 Å². The lowest BCUT2D eigenvalue weighted by Gasteiger charge is -2.27. The first-order valence-electron chi connectivity index (χ1n) is 6.86. The molecule has 4 heteroatoms. The van der Waals surface area contributed by atoms with Gasteiger partial charge in [-0.15, -0.1) is 0 Å². The number of rotatable bonds is 4. The Morgan fingerprint density at radius 2 is 2.16 bits per heavy atom. The number of nitrogens with zero attached hydrogens (tertiary/aromatic N) is 1. The van der Waals surface area contributed by atoms with Crippen molar-refractivity contribution in [2.75, 3.05) is 0 Å². The third-order valence-electron chi connectivity index (χ3n) is 4.03. The highest BCUT2D eigenvalue weighted by molar-refractivity contribution is 7.80. The molecule has 0 amide bonds. The van der Waals surface area contributed by atoms with Crippen LogP contribution in [0.15, 0.2) is 18.2 Å². The van der Waals surface area contributed by atoms with Crippen molar-refractivity contribution >= 4 is 17.2 Å². The van der Waals surface area contributed by atoms with Crippen molar-refractivity contribution in [2.45, 2.75) is 51.7 Å². The van der Waals surface area contributed by atoms with Crippen LogP contribution >= 0.6 is 12.2 Å². The summed E-state index contributed by atoms with van der Waals surface area (Å²) in [4.78, 5) is 2.71. The molecule has 2 N–H and O–H groups in total. The van der Waals surface area contributed by atoms with E-state index in [0.29, 0.717) is 17.6 Å².